The van der Waals surface area contributed by atoms with Crippen LogP contribution in [0.2, 0.25) is 0 Å². The van der Waals surface area contributed by atoms with Gasteiger partial charge in [0.2, 0.25) is 0 Å². The zero-order valence-electron chi connectivity index (χ0n) is 13.6. The van der Waals surface area contributed by atoms with E-state index in [0.717, 1.165) is 21.5 Å². The number of hydrogen-bond donors (Lipinski definition) is 0. The summed E-state index contributed by atoms with van der Waals surface area (Å²) in [4.78, 5) is 0. The predicted molar refractivity (Wildman–Crippen MR) is 106 cm³/mol. The van der Waals surface area contributed by atoms with Crippen molar-refractivity contribution in [2.45, 2.75) is 32.6 Å². The molecule has 3 heteroatoms. The standard InChI is InChI=1S/C19H21BBrCl/c1-5-6-7-19(4)11-14(20)9-15-13(3)16(8-12(2)22)18(21)10-17(15)19/h5-10H,1,11,20H2,2-4H3/b7-6-,12-8+/t19-/m0/s1. The van der Waals surface area contributed by atoms with E-state index in [1.54, 1.807) is 0 Å². The molecular weight excluding hydrogens is 354 g/mol. The van der Waals surface area contributed by atoms with Crippen molar-refractivity contribution < 1.29 is 0 Å². The molecule has 0 saturated heterocycles. The number of fused-ring (bicyclic) bond motifs is 1. The van der Waals surface area contributed by atoms with Crippen LogP contribution < -0.4 is 0 Å². The Hall–Kier alpha value is -0.985. The smallest absolute Gasteiger partial charge is 0.108 e. The van der Waals surface area contributed by atoms with Gasteiger partial charge in [-0.1, -0.05) is 65.3 Å². The first-order chi connectivity index (χ1) is 10.3. The molecule has 1 atom stereocenters. The lowest BCUT2D eigenvalue weighted by Gasteiger charge is -2.34. The van der Waals surface area contributed by atoms with Crippen LogP contribution in [0.4, 0.5) is 0 Å². The molecule has 0 aliphatic heterocycles. The average molecular weight is 376 g/mol. The fourth-order valence-corrected chi connectivity index (χ4v) is 3.99. The largest absolute Gasteiger partial charge is 0.134 e. The van der Waals surface area contributed by atoms with Crippen molar-refractivity contribution in [3.8, 4) is 0 Å². The van der Waals surface area contributed by atoms with Crippen molar-refractivity contribution >= 4 is 47.5 Å². The number of halogens is 2. The molecule has 1 aromatic carbocycles. The van der Waals surface area contributed by atoms with Gasteiger partial charge in [-0.05, 0) is 54.7 Å². The summed E-state index contributed by atoms with van der Waals surface area (Å²) in [6, 6.07) is 2.24. The van der Waals surface area contributed by atoms with Gasteiger partial charge in [-0.2, -0.15) is 0 Å². The lowest BCUT2D eigenvalue weighted by Crippen LogP contribution is -2.25. The second-order valence-corrected chi connectivity index (χ2v) is 7.72. The molecule has 22 heavy (non-hydrogen) atoms. The minimum absolute atomic E-state index is 0.00606. The summed E-state index contributed by atoms with van der Waals surface area (Å²) in [6.07, 6.45) is 11.5. The number of benzene rings is 1. The maximum atomic E-state index is 6.10. The molecule has 0 fully saturated rings. The summed E-state index contributed by atoms with van der Waals surface area (Å²) in [6.45, 7) is 10.2. The van der Waals surface area contributed by atoms with Crippen molar-refractivity contribution in [3.05, 3.63) is 68.1 Å². The Morgan fingerprint density at radius 2 is 2.18 bits per heavy atom. The Morgan fingerprint density at radius 1 is 1.50 bits per heavy atom. The second-order valence-electron chi connectivity index (χ2n) is 6.27. The highest BCUT2D eigenvalue weighted by Crippen LogP contribution is 2.43. The summed E-state index contributed by atoms with van der Waals surface area (Å²) in [5.41, 5.74) is 6.48. The second kappa shape index (κ2) is 6.64. The highest BCUT2D eigenvalue weighted by atomic mass is 79.9. The first-order valence-electron chi connectivity index (χ1n) is 7.43. The topological polar surface area (TPSA) is 0 Å². The maximum Gasteiger partial charge on any atom is 0.134 e. The summed E-state index contributed by atoms with van der Waals surface area (Å²) >= 11 is 9.82. The number of rotatable bonds is 3. The van der Waals surface area contributed by atoms with Crippen molar-refractivity contribution in [1.82, 2.24) is 0 Å². The van der Waals surface area contributed by atoms with Gasteiger partial charge in [0.15, 0.2) is 0 Å². The zero-order valence-corrected chi connectivity index (χ0v) is 16.0. The van der Waals surface area contributed by atoms with E-state index < -0.39 is 0 Å². The highest BCUT2D eigenvalue weighted by molar-refractivity contribution is 9.10. The van der Waals surface area contributed by atoms with Gasteiger partial charge in [0.05, 0.1) is 0 Å². The molecule has 0 unspecified atom stereocenters. The van der Waals surface area contributed by atoms with E-state index in [2.05, 4.69) is 62.4 Å². The molecular formula is C19H21BBrCl. The Kier molecular flexibility index (Phi) is 5.24. The van der Waals surface area contributed by atoms with Gasteiger partial charge in [-0.25, -0.2) is 0 Å². The molecule has 0 spiro atoms. The van der Waals surface area contributed by atoms with Crippen molar-refractivity contribution in [3.63, 3.8) is 0 Å². The van der Waals surface area contributed by atoms with Crippen LogP contribution in [0.15, 0.2) is 45.9 Å². The lowest BCUT2D eigenvalue weighted by atomic mass is 9.66. The van der Waals surface area contributed by atoms with Crippen molar-refractivity contribution in [2.75, 3.05) is 0 Å². The molecule has 0 heterocycles. The van der Waals surface area contributed by atoms with E-state index in [-0.39, 0.29) is 5.41 Å². The van der Waals surface area contributed by atoms with E-state index in [9.17, 15) is 0 Å². The molecule has 0 nitrogen and oxygen atoms in total. The first-order valence-corrected chi connectivity index (χ1v) is 8.60. The summed E-state index contributed by atoms with van der Waals surface area (Å²) < 4.78 is 1.09. The average Bonchev–Trinajstić information content (AvgIpc) is 2.43. The minimum Gasteiger partial charge on any atom is -0.108 e. The third-order valence-electron chi connectivity index (χ3n) is 4.22. The fourth-order valence-electron chi connectivity index (χ4n) is 3.24. The zero-order chi connectivity index (χ0) is 16.5. The van der Waals surface area contributed by atoms with Gasteiger partial charge >= 0.3 is 0 Å². The van der Waals surface area contributed by atoms with Crippen LogP contribution in [0.1, 0.15) is 42.5 Å². The quantitative estimate of drug-likeness (QED) is 0.467. The van der Waals surface area contributed by atoms with Gasteiger partial charge in [-0.15, -0.1) is 5.47 Å². The fraction of sp³-hybridized carbons (Fsp3) is 0.263. The van der Waals surface area contributed by atoms with Gasteiger partial charge in [0.25, 0.3) is 0 Å². The Morgan fingerprint density at radius 3 is 2.77 bits per heavy atom. The highest BCUT2D eigenvalue weighted by Gasteiger charge is 2.31. The van der Waals surface area contributed by atoms with Gasteiger partial charge in [-0.3, -0.25) is 0 Å². The molecule has 1 aliphatic rings. The summed E-state index contributed by atoms with van der Waals surface area (Å²) in [5, 5.41) is 0.787. The first kappa shape index (κ1) is 17.4. The molecule has 114 valence electrons. The Bertz CT molecular complexity index is 709. The molecule has 0 bridgehead atoms. The Labute approximate surface area is 148 Å². The molecule has 0 saturated carbocycles. The van der Waals surface area contributed by atoms with Gasteiger partial charge in [0.1, 0.15) is 7.85 Å². The van der Waals surface area contributed by atoms with Crippen LogP contribution in [-0.2, 0) is 5.41 Å². The summed E-state index contributed by atoms with van der Waals surface area (Å²) in [7, 11) is 2.20. The number of hydrogen-bond acceptors (Lipinski definition) is 0. The number of allylic oxidation sites excluding steroid dienone is 5. The molecule has 1 aromatic rings. The van der Waals surface area contributed by atoms with Crippen LogP contribution in [0.3, 0.4) is 0 Å². The van der Waals surface area contributed by atoms with Crippen molar-refractivity contribution in [2.24, 2.45) is 0 Å². The van der Waals surface area contributed by atoms with E-state index in [1.807, 2.05) is 25.2 Å². The van der Waals surface area contributed by atoms with Crippen LogP contribution in [0.5, 0.6) is 0 Å². The van der Waals surface area contributed by atoms with Gasteiger partial charge in [0, 0.05) is 14.9 Å². The predicted octanol–water partition coefficient (Wildman–Crippen LogP) is 5.73. The van der Waals surface area contributed by atoms with Crippen LogP contribution in [-0.4, -0.2) is 7.85 Å². The minimum atomic E-state index is -0.00606. The van der Waals surface area contributed by atoms with Crippen LogP contribution in [0.25, 0.3) is 12.2 Å². The lowest BCUT2D eigenvalue weighted by molar-refractivity contribution is 0.592. The third-order valence-corrected chi connectivity index (χ3v) is 4.99. The maximum absolute atomic E-state index is 6.10. The molecule has 0 amide bonds. The SMILES string of the molecule is BC1=Cc2c(cc(Br)c(/C=C(\C)Cl)c2C)[C@@](C)(/C=C\C=C)C1. The molecule has 0 N–H and O–H groups in total. The summed E-state index contributed by atoms with van der Waals surface area (Å²) in [5.74, 6) is 0. The van der Waals surface area contributed by atoms with Crippen molar-refractivity contribution in [1.29, 1.82) is 0 Å². The van der Waals surface area contributed by atoms with E-state index in [0.29, 0.717) is 0 Å². The monoisotopic (exact) mass is 374 g/mol. The van der Waals surface area contributed by atoms with E-state index in [4.69, 9.17) is 11.6 Å². The van der Waals surface area contributed by atoms with Crippen LogP contribution >= 0.6 is 27.5 Å². The molecule has 1 aliphatic carbocycles. The molecule has 0 aromatic heterocycles. The molecule has 0 radical (unpaired) electrons. The third kappa shape index (κ3) is 3.34. The normalized spacial score (nSPS) is 21.7. The molecule has 2 rings (SSSR count). The van der Waals surface area contributed by atoms with E-state index >= 15 is 0 Å². The van der Waals surface area contributed by atoms with Gasteiger partial charge < -0.3 is 0 Å². The Balaban J connectivity index is 2.76. The van der Waals surface area contributed by atoms with E-state index in [1.165, 1.54) is 22.2 Å². The van der Waals surface area contributed by atoms with Crippen LogP contribution in [0, 0.1) is 6.92 Å².